The number of carbonyl (C=O) groups excluding carboxylic acids is 4. The van der Waals surface area contributed by atoms with Crippen LogP contribution in [0.4, 0.5) is 0 Å². The van der Waals surface area contributed by atoms with Crippen molar-refractivity contribution >= 4 is 35.0 Å². The molecule has 0 spiro atoms. The number of benzene rings is 3. The maximum Gasteiger partial charge on any atom is 0.340 e. The zero-order valence-electron chi connectivity index (χ0n) is 17.1. The molecule has 0 radical (unpaired) electrons. The van der Waals surface area contributed by atoms with Crippen LogP contribution >= 0.6 is 11.6 Å². The van der Waals surface area contributed by atoms with Crippen molar-refractivity contribution in [3.8, 4) is 0 Å². The summed E-state index contributed by atoms with van der Waals surface area (Å²) in [6.07, 6.45) is 0. The van der Waals surface area contributed by atoms with Crippen LogP contribution < -0.4 is 5.32 Å². The third kappa shape index (κ3) is 3.92. The number of hydrogen-bond acceptors (Lipinski definition) is 5. The monoisotopic (exact) mass is 447 g/mol. The molecule has 0 saturated heterocycles. The SMILES string of the molecule is C[C@H](NC(=O)COC(=O)c1ccc2c(c1Cl)C(=O)c1ccccc1C2=O)c1ccccc1. The predicted molar refractivity (Wildman–Crippen MR) is 118 cm³/mol. The largest absolute Gasteiger partial charge is 0.452 e. The lowest BCUT2D eigenvalue weighted by Gasteiger charge is -2.19. The minimum Gasteiger partial charge on any atom is -0.452 e. The lowest BCUT2D eigenvalue weighted by atomic mass is 9.83. The second kappa shape index (κ2) is 8.77. The molecule has 0 unspecified atom stereocenters. The Hall–Kier alpha value is -3.77. The average molecular weight is 448 g/mol. The highest BCUT2D eigenvalue weighted by atomic mass is 35.5. The fraction of sp³-hybridized carbons (Fsp3) is 0.120. The number of halogens is 1. The van der Waals surface area contributed by atoms with Gasteiger partial charge in [0.15, 0.2) is 18.2 Å². The minimum atomic E-state index is -0.862. The van der Waals surface area contributed by atoms with Gasteiger partial charge in [0.25, 0.3) is 5.91 Å². The van der Waals surface area contributed by atoms with E-state index in [4.69, 9.17) is 16.3 Å². The Labute approximate surface area is 189 Å². The maximum atomic E-state index is 12.9. The van der Waals surface area contributed by atoms with E-state index >= 15 is 0 Å². The predicted octanol–water partition coefficient (Wildman–Crippen LogP) is 4.15. The second-order valence-corrected chi connectivity index (χ2v) is 7.71. The molecule has 7 heteroatoms. The fourth-order valence-electron chi connectivity index (χ4n) is 3.62. The number of carbonyl (C=O) groups is 4. The molecule has 0 aromatic heterocycles. The molecule has 1 N–H and O–H groups in total. The first-order chi connectivity index (χ1) is 15.4. The highest BCUT2D eigenvalue weighted by molar-refractivity contribution is 6.41. The number of ketones is 2. The van der Waals surface area contributed by atoms with Crippen LogP contribution in [-0.4, -0.2) is 30.0 Å². The van der Waals surface area contributed by atoms with Gasteiger partial charge in [-0.15, -0.1) is 0 Å². The number of rotatable bonds is 5. The number of ether oxygens (including phenoxy) is 1. The van der Waals surface area contributed by atoms with Crippen molar-refractivity contribution in [3.05, 3.63) is 105 Å². The van der Waals surface area contributed by atoms with Crippen LogP contribution in [0.1, 0.15) is 60.7 Å². The van der Waals surface area contributed by atoms with E-state index in [1.165, 1.54) is 18.2 Å². The molecule has 1 atom stereocenters. The highest BCUT2D eigenvalue weighted by Crippen LogP contribution is 2.34. The molecule has 6 nitrogen and oxygen atoms in total. The molecule has 1 aliphatic carbocycles. The fourth-order valence-corrected chi connectivity index (χ4v) is 3.95. The van der Waals surface area contributed by atoms with E-state index in [9.17, 15) is 19.2 Å². The van der Waals surface area contributed by atoms with E-state index in [1.54, 1.807) is 18.2 Å². The van der Waals surface area contributed by atoms with Crippen molar-refractivity contribution in [2.75, 3.05) is 6.61 Å². The normalized spacial score (nSPS) is 13.1. The van der Waals surface area contributed by atoms with Crippen LogP contribution in [0.15, 0.2) is 66.7 Å². The number of nitrogens with one attached hydrogen (secondary N) is 1. The first kappa shape index (κ1) is 21.5. The van der Waals surface area contributed by atoms with E-state index in [0.29, 0.717) is 5.56 Å². The van der Waals surface area contributed by atoms with Gasteiger partial charge in [0.1, 0.15) is 0 Å². The Kier molecular flexibility index (Phi) is 5.88. The van der Waals surface area contributed by atoms with Crippen molar-refractivity contribution in [2.45, 2.75) is 13.0 Å². The Morgan fingerprint density at radius 3 is 2.19 bits per heavy atom. The molecule has 0 heterocycles. The Balaban J connectivity index is 1.49. The van der Waals surface area contributed by atoms with Crippen molar-refractivity contribution < 1.29 is 23.9 Å². The van der Waals surface area contributed by atoms with Gasteiger partial charge in [-0.1, -0.05) is 66.2 Å². The van der Waals surface area contributed by atoms with Gasteiger partial charge in [0.05, 0.1) is 22.2 Å². The third-order valence-corrected chi connectivity index (χ3v) is 5.65. The number of hydrogen-bond donors (Lipinski definition) is 1. The van der Waals surface area contributed by atoms with Crippen molar-refractivity contribution in [3.63, 3.8) is 0 Å². The van der Waals surface area contributed by atoms with E-state index in [0.717, 1.165) is 5.56 Å². The van der Waals surface area contributed by atoms with Gasteiger partial charge in [-0.25, -0.2) is 4.79 Å². The molecule has 0 aliphatic heterocycles. The second-order valence-electron chi connectivity index (χ2n) is 7.33. The summed E-state index contributed by atoms with van der Waals surface area (Å²) in [5.74, 6) is -2.13. The van der Waals surface area contributed by atoms with Gasteiger partial charge in [-0.2, -0.15) is 0 Å². The van der Waals surface area contributed by atoms with Crippen molar-refractivity contribution in [1.82, 2.24) is 5.32 Å². The molecule has 1 aliphatic rings. The highest BCUT2D eigenvalue weighted by Gasteiger charge is 2.33. The standard InChI is InChI=1S/C25H18ClNO5/c1-14(15-7-3-2-4-8-15)27-20(28)13-32-25(31)19-12-11-18-21(22(19)26)24(30)17-10-6-5-9-16(17)23(18)29/h2-12,14H,13H2,1H3,(H,27,28)/t14-/m0/s1. The summed E-state index contributed by atoms with van der Waals surface area (Å²) < 4.78 is 5.10. The Morgan fingerprint density at radius 1 is 0.875 bits per heavy atom. The first-order valence-corrected chi connectivity index (χ1v) is 10.3. The number of fused-ring (bicyclic) bond motifs is 2. The van der Waals surface area contributed by atoms with Crippen LogP contribution in [0.2, 0.25) is 5.02 Å². The van der Waals surface area contributed by atoms with Gasteiger partial charge in [0.2, 0.25) is 0 Å². The van der Waals surface area contributed by atoms with Gasteiger partial charge in [0, 0.05) is 16.7 Å². The summed E-state index contributed by atoms with van der Waals surface area (Å²) in [5.41, 5.74) is 1.44. The minimum absolute atomic E-state index is 0.0352. The van der Waals surface area contributed by atoms with Crippen LogP contribution in [0.5, 0.6) is 0 Å². The molecule has 4 rings (SSSR count). The lowest BCUT2D eigenvalue weighted by Crippen LogP contribution is -2.31. The summed E-state index contributed by atoms with van der Waals surface area (Å²) in [7, 11) is 0. The summed E-state index contributed by atoms with van der Waals surface area (Å²) in [4.78, 5) is 50.4. The van der Waals surface area contributed by atoms with Gasteiger partial charge in [-0.05, 0) is 24.6 Å². The van der Waals surface area contributed by atoms with Gasteiger partial charge < -0.3 is 10.1 Å². The summed E-state index contributed by atoms with van der Waals surface area (Å²) in [6, 6.07) is 18.2. The summed E-state index contributed by atoms with van der Waals surface area (Å²) in [5, 5.41) is 2.58. The van der Waals surface area contributed by atoms with E-state index in [1.807, 2.05) is 37.3 Å². The van der Waals surface area contributed by atoms with Crippen molar-refractivity contribution in [1.29, 1.82) is 0 Å². The molecule has 160 valence electrons. The molecular formula is C25H18ClNO5. The lowest BCUT2D eigenvalue weighted by molar-refractivity contribution is -0.124. The Morgan fingerprint density at radius 2 is 1.50 bits per heavy atom. The number of amides is 1. The molecule has 0 saturated carbocycles. The van der Waals surface area contributed by atoms with Crippen LogP contribution in [0.25, 0.3) is 0 Å². The molecular weight excluding hydrogens is 430 g/mol. The molecule has 32 heavy (non-hydrogen) atoms. The molecule has 3 aromatic carbocycles. The molecule has 0 bridgehead atoms. The first-order valence-electron chi connectivity index (χ1n) is 9.91. The third-order valence-electron chi connectivity index (χ3n) is 5.26. The van der Waals surface area contributed by atoms with E-state index in [-0.39, 0.29) is 39.1 Å². The van der Waals surface area contributed by atoms with Crippen molar-refractivity contribution in [2.24, 2.45) is 0 Å². The number of esters is 1. The summed E-state index contributed by atoms with van der Waals surface area (Å²) in [6.45, 7) is 1.30. The zero-order chi connectivity index (χ0) is 22.8. The maximum absolute atomic E-state index is 12.9. The van der Waals surface area contributed by atoms with Crippen LogP contribution in [-0.2, 0) is 9.53 Å². The van der Waals surface area contributed by atoms with E-state index in [2.05, 4.69) is 5.32 Å². The van der Waals surface area contributed by atoms with Gasteiger partial charge >= 0.3 is 5.97 Å². The van der Waals surface area contributed by atoms with Crippen LogP contribution in [0, 0.1) is 0 Å². The molecule has 0 fully saturated rings. The summed E-state index contributed by atoms with van der Waals surface area (Å²) >= 11 is 6.35. The van der Waals surface area contributed by atoms with Crippen LogP contribution in [0.3, 0.4) is 0 Å². The quantitative estimate of drug-likeness (QED) is 0.464. The zero-order valence-corrected chi connectivity index (χ0v) is 17.8. The van der Waals surface area contributed by atoms with E-state index < -0.39 is 24.3 Å². The molecule has 3 aromatic rings. The Bertz CT molecular complexity index is 1250. The average Bonchev–Trinajstić information content (AvgIpc) is 2.81. The topological polar surface area (TPSA) is 89.5 Å². The molecule has 1 amide bonds. The smallest absolute Gasteiger partial charge is 0.340 e. The van der Waals surface area contributed by atoms with Gasteiger partial charge in [-0.3, -0.25) is 14.4 Å².